The number of hydrogen-bond acceptors (Lipinski definition) is 3. The highest BCUT2D eigenvalue weighted by atomic mass is 16.1. The molecule has 0 aliphatic rings. The predicted molar refractivity (Wildman–Crippen MR) is 65.3 cm³/mol. The number of carbonyl (C=O) groups is 1. The summed E-state index contributed by atoms with van der Waals surface area (Å²) in [5.41, 5.74) is 8.60. The molecular weight excluding hydrogens is 216 g/mol. The van der Waals surface area contributed by atoms with Crippen molar-refractivity contribution in [2.75, 3.05) is 5.73 Å². The molecule has 1 aromatic carbocycles. The highest BCUT2D eigenvalue weighted by Crippen LogP contribution is 2.13. The Hall–Kier alpha value is -2.30. The Balaban J connectivity index is 2.07. The van der Waals surface area contributed by atoms with Crippen molar-refractivity contribution in [1.82, 2.24) is 15.5 Å². The molecule has 0 saturated carbocycles. The van der Waals surface area contributed by atoms with E-state index in [1.807, 2.05) is 13.0 Å². The average Bonchev–Trinajstić information content (AvgIpc) is 2.82. The minimum absolute atomic E-state index is 0.180. The van der Waals surface area contributed by atoms with Crippen LogP contribution in [0.3, 0.4) is 0 Å². The Labute approximate surface area is 99.0 Å². The minimum atomic E-state index is -0.180. The van der Waals surface area contributed by atoms with Crippen molar-refractivity contribution >= 4 is 11.6 Å². The molecular formula is C12H14N4O. The molecule has 2 aromatic rings. The van der Waals surface area contributed by atoms with E-state index in [4.69, 9.17) is 5.73 Å². The van der Waals surface area contributed by atoms with E-state index < -0.39 is 0 Å². The number of benzene rings is 1. The van der Waals surface area contributed by atoms with Gasteiger partial charge in [0.2, 0.25) is 0 Å². The normalized spacial score (nSPS) is 10.2. The molecule has 2 rings (SSSR count). The number of hydrogen-bond donors (Lipinski definition) is 3. The Morgan fingerprint density at radius 1 is 1.47 bits per heavy atom. The number of nitrogens with two attached hydrogens (primary N) is 1. The SMILES string of the molecule is Cc1ccc(N)c(C(=O)NCc2ccn[nH]2)c1. The zero-order valence-corrected chi connectivity index (χ0v) is 9.53. The van der Waals surface area contributed by atoms with Crippen LogP contribution in [0.2, 0.25) is 0 Å². The molecule has 0 aliphatic carbocycles. The topological polar surface area (TPSA) is 83.8 Å². The van der Waals surface area contributed by atoms with Gasteiger partial charge in [0, 0.05) is 11.9 Å². The molecule has 0 saturated heterocycles. The highest BCUT2D eigenvalue weighted by molar-refractivity contribution is 5.99. The van der Waals surface area contributed by atoms with Crippen molar-refractivity contribution in [2.24, 2.45) is 0 Å². The van der Waals surface area contributed by atoms with Gasteiger partial charge in [-0.25, -0.2) is 0 Å². The summed E-state index contributed by atoms with van der Waals surface area (Å²) in [6.07, 6.45) is 1.64. The number of rotatable bonds is 3. The van der Waals surface area contributed by atoms with Gasteiger partial charge >= 0.3 is 0 Å². The fraction of sp³-hybridized carbons (Fsp3) is 0.167. The molecule has 0 bridgehead atoms. The molecule has 0 atom stereocenters. The summed E-state index contributed by atoms with van der Waals surface area (Å²) in [5.74, 6) is -0.180. The van der Waals surface area contributed by atoms with E-state index in [0.29, 0.717) is 17.8 Å². The van der Waals surface area contributed by atoms with Gasteiger partial charge in [0.05, 0.1) is 17.8 Å². The summed E-state index contributed by atoms with van der Waals surface area (Å²) in [6.45, 7) is 2.33. The predicted octanol–water partition coefficient (Wildman–Crippen LogP) is 1.23. The lowest BCUT2D eigenvalue weighted by atomic mass is 10.1. The van der Waals surface area contributed by atoms with E-state index in [2.05, 4.69) is 15.5 Å². The van der Waals surface area contributed by atoms with Crippen molar-refractivity contribution in [3.05, 3.63) is 47.3 Å². The van der Waals surface area contributed by atoms with Crippen LogP contribution in [0, 0.1) is 6.92 Å². The van der Waals surface area contributed by atoms with Crippen LogP contribution in [0.4, 0.5) is 5.69 Å². The summed E-state index contributed by atoms with van der Waals surface area (Å²) >= 11 is 0. The first-order chi connectivity index (χ1) is 8.16. The molecule has 1 aromatic heterocycles. The number of amides is 1. The molecule has 0 unspecified atom stereocenters. The minimum Gasteiger partial charge on any atom is -0.398 e. The number of H-pyrrole nitrogens is 1. The number of nitrogens with zero attached hydrogens (tertiary/aromatic N) is 1. The molecule has 0 aliphatic heterocycles. The largest absolute Gasteiger partial charge is 0.398 e. The van der Waals surface area contributed by atoms with Crippen LogP contribution in [0.5, 0.6) is 0 Å². The Bertz CT molecular complexity index is 519. The number of aryl methyl sites for hydroxylation is 1. The molecule has 0 radical (unpaired) electrons. The number of aromatic nitrogens is 2. The second-order valence-electron chi connectivity index (χ2n) is 3.86. The number of carbonyl (C=O) groups excluding carboxylic acids is 1. The van der Waals surface area contributed by atoms with Gasteiger partial charge in [0.25, 0.3) is 5.91 Å². The first kappa shape index (κ1) is 11.2. The second-order valence-corrected chi connectivity index (χ2v) is 3.86. The van der Waals surface area contributed by atoms with E-state index in [1.54, 1.807) is 24.4 Å². The van der Waals surface area contributed by atoms with Crippen LogP contribution in [0.25, 0.3) is 0 Å². The quantitative estimate of drug-likeness (QED) is 0.693. The van der Waals surface area contributed by atoms with Crippen molar-refractivity contribution in [3.8, 4) is 0 Å². The summed E-state index contributed by atoms with van der Waals surface area (Å²) in [4.78, 5) is 11.9. The lowest BCUT2D eigenvalue weighted by Crippen LogP contribution is -2.24. The third-order valence-electron chi connectivity index (χ3n) is 2.45. The van der Waals surface area contributed by atoms with Crippen molar-refractivity contribution in [2.45, 2.75) is 13.5 Å². The van der Waals surface area contributed by atoms with Gasteiger partial charge in [-0.15, -0.1) is 0 Å². The first-order valence-corrected chi connectivity index (χ1v) is 5.29. The zero-order valence-electron chi connectivity index (χ0n) is 9.53. The third-order valence-corrected chi connectivity index (χ3v) is 2.45. The highest BCUT2D eigenvalue weighted by Gasteiger charge is 2.09. The Morgan fingerprint density at radius 3 is 3.00 bits per heavy atom. The standard InChI is InChI=1S/C12H14N4O/c1-8-2-3-11(13)10(6-8)12(17)14-7-9-4-5-15-16-9/h2-6H,7,13H2,1H3,(H,14,17)(H,15,16). The van der Waals surface area contributed by atoms with E-state index in [0.717, 1.165) is 11.3 Å². The summed E-state index contributed by atoms with van der Waals surface area (Å²) < 4.78 is 0. The number of nitrogen functional groups attached to an aromatic ring is 1. The van der Waals surface area contributed by atoms with E-state index in [9.17, 15) is 4.79 Å². The summed E-state index contributed by atoms with van der Waals surface area (Å²) in [5, 5.41) is 9.36. The first-order valence-electron chi connectivity index (χ1n) is 5.29. The molecule has 88 valence electrons. The number of anilines is 1. The monoisotopic (exact) mass is 230 g/mol. The fourth-order valence-electron chi connectivity index (χ4n) is 1.52. The maximum Gasteiger partial charge on any atom is 0.253 e. The third kappa shape index (κ3) is 2.63. The van der Waals surface area contributed by atoms with Gasteiger partial charge in [-0.3, -0.25) is 9.89 Å². The van der Waals surface area contributed by atoms with E-state index in [-0.39, 0.29) is 5.91 Å². The molecule has 1 amide bonds. The molecule has 1 heterocycles. The zero-order chi connectivity index (χ0) is 12.3. The van der Waals surface area contributed by atoms with Crippen LogP contribution in [0.1, 0.15) is 21.6 Å². The van der Waals surface area contributed by atoms with Gasteiger partial charge in [-0.2, -0.15) is 5.10 Å². The molecule has 17 heavy (non-hydrogen) atoms. The van der Waals surface area contributed by atoms with E-state index >= 15 is 0 Å². The van der Waals surface area contributed by atoms with Crippen LogP contribution in [-0.4, -0.2) is 16.1 Å². The Morgan fingerprint density at radius 2 is 2.29 bits per heavy atom. The van der Waals surface area contributed by atoms with Crippen LogP contribution < -0.4 is 11.1 Å². The smallest absolute Gasteiger partial charge is 0.253 e. The molecule has 4 N–H and O–H groups in total. The number of aromatic amines is 1. The molecule has 5 nitrogen and oxygen atoms in total. The van der Waals surface area contributed by atoms with Crippen molar-refractivity contribution < 1.29 is 4.79 Å². The Kier molecular flexibility index (Phi) is 3.09. The van der Waals surface area contributed by atoms with Gasteiger partial charge < -0.3 is 11.1 Å². The van der Waals surface area contributed by atoms with Crippen LogP contribution >= 0.6 is 0 Å². The second kappa shape index (κ2) is 4.69. The van der Waals surface area contributed by atoms with Gasteiger partial charge in [0.1, 0.15) is 0 Å². The van der Waals surface area contributed by atoms with Gasteiger partial charge in [0.15, 0.2) is 0 Å². The van der Waals surface area contributed by atoms with E-state index in [1.165, 1.54) is 0 Å². The fourth-order valence-corrected chi connectivity index (χ4v) is 1.52. The maximum absolute atomic E-state index is 11.9. The van der Waals surface area contributed by atoms with Gasteiger partial charge in [-0.1, -0.05) is 11.6 Å². The van der Waals surface area contributed by atoms with Crippen LogP contribution in [-0.2, 0) is 6.54 Å². The molecule has 0 fully saturated rings. The van der Waals surface area contributed by atoms with Gasteiger partial charge in [-0.05, 0) is 25.1 Å². The average molecular weight is 230 g/mol. The molecule has 0 spiro atoms. The molecule has 5 heteroatoms. The van der Waals surface area contributed by atoms with Crippen LogP contribution in [0.15, 0.2) is 30.5 Å². The maximum atomic E-state index is 11.9. The van der Waals surface area contributed by atoms with Crippen molar-refractivity contribution in [3.63, 3.8) is 0 Å². The lowest BCUT2D eigenvalue weighted by molar-refractivity contribution is 0.0951. The number of nitrogens with one attached hydrogen (secondary N) is 2. The lowest BCUT2D eigenvalue weighted by Gasteiger charge is -2.07. The summed E-state index contributed by atoms with van der Waals surface area (Å²) in [6, 6.07) is 7.19. The van der Waals surface area contributed by atoms with Crippen molar-refractivity contribution in [1.29, 1.82) is 0 Å². The summed E-state index contributed by atoms with van der Waals surface area (Å²) in [7, 11) is 0.